The summed E-state index contributed by atoms with van der Waals surface area (Å²) in [7, 11) is -7.37. The zero-order valence-electron chi connectivity index (χ0n) is 25.5. The van der Waals surface area contributed by atoms with E-state index in [4.69, 9.17) is 9.05 Å². The van der Waals surface area contributed by atoms with Crippen LogP contribution < -0.4 is 20.2 Å². The summed E-state index contributed by atoms with van der Waals surface area (Å²) in [6.45, 7) is 4.82. The van der Waals surface area contributed by atoms with Crippen LogP contribution in [0.5, 0.6) is 0 Å². The number of fused-ring (bicyclic) bond motifs is 1. The Bertz CT molecular complexity index is 1750. The molecule has 0 aromatic heterocycles. The molecule has 2 amide bonds. The second-order valence-electron chi connectivity index (χ2n) is 10.7. The number of sulfonamides is 1. The van der Waals surface area contributed by atoms with Crippen LogP contribution in [0.4, 0.5) is 17.1 Å². The normalized spacial score (nSPS) is 15.9. The lowest BCUT2D eigenvalue weighted by atomic mass is 10.00. The first-order chi connectivity index (χ1) is 21.5. The highest BCUT2D eigenvalue weighted by molar-refractivity contribution is 7.92. The number of carbonyl (C=O) groups excluding carboxylic acids is 2. The predicted octanol–water partition coefficient (Wildman–Crippen LogP) is 4.90. The van der Waals surface area contributed by atoms with Gasteiger partial charge in [0, 0.05) is 30.0 Å². The summed E-state index contributed by atoms with van der Waals surface area (Å²) in [5.74, 6) is -0.587. The number of nitrogens with zero attached hydrogens (tertiary/aromatic N) is 2. The quantitative estimate of drug-likeness (QED) is 0.209. The molecule has 0 saturated carbocycles. The van der Waals surface area contributed by atoms with E-state index in [1.807, 2.05) is 30.3 Å². The number of amides is 2. The monoisotopic (exact) mass is 652 g/mol. The van der Waals surface area contributed by atoms with Gasteiger partial charge in [-0.1, -0.05) is 30.3 Å². The van der Waals surface area contributed by atoms with E-state index in [1.54, 1.807) is 61.2 Å². The summed E-state index contributed by atoms with van der Waals surface area (Å²) in [6.07, 6.45) is 2.90. The van der Waals surface area contributed by atoms with Gasteiger partial charge in [-0.2, -0.15) is 0 Å². The van der Waals surface area contributed by atoms with E-state index in [0.717, 1.165) is 29.0 Å². The summed E-state index contributed by atoms with van der Waals surface area (Å²) in [4.78, 5) is 28.0. The van der Waals surface area contributed by atoms with Crippen LogP contribution in [0.3, 0.4) is 0 Å². The molecule has 0 unspecified atom stereocenters. The second kappa shape index (κ2) is 13.6. The maximum Gasteiger partial charge on any atom is 0.361 e. The first kappa shape index (κ1) is 32.4. The number of rotatable bonds is 12. The van der Waals surface area contributed by atoms with Gasteiger partial charge >= 0.3 is 7.60 Å². The third kappa shape index (κ3) is 7.15. The Morgan fingerprint density at radius 3 is 2.22 bits per heavy atom. The highest BCUT2D eigenvalue weighted by Crippen LogP contribution is 2.48. The first-order valence-electron chi connectivity index (χ1n) is 14.8. The fraction of sp³-hybridized carbons (Fsp3) is 0.312. The standard InChI is InChI=1S/C32H37N4O7PS/c1-4-42-44(39,43-5-2)26-17-18-28-27(21-26)30(32(38)34-28)31(23-11-7-6-8-12-23)33-24-13-15-25(16-14-24)36(45(3,40)41)22-29(37)35-19-9-10-20-35/h6-8,11-18,21,33H,4-5,9-10,19-20,22H2,1-3H3,(H,34,38). The smallest absolute Gasteiger partial charge is 0.354 e. The molecule has 0 spiro atoms. The SMILES string of the molecule is CCOP(=O)(OCC)c1ccc2c(c1)C(=C(Nc1ccc(N(CC(=O)N3CCCC3)S(C)(=O)=O)cc1)c1ccccc1)C(=O)N2. The fourth-order valence-corrected chi connectivity index (χ4v) is 7.88. The number of hydrogen-bond acceptors (Lipinski definition) is 8. The lowest BCUT2D eigenvalue weighted by Gasteiger charge is -2.25. The van der Waals surface area contributed by atoms with Crippen LogP contribution in [0.2, 0.25) is 0 Å². The Labute approximate surface area is 263 Å². The topological polar surface area (TPSA) is 134 Å². The highest BCUT2D eigenvalue weighted by Gasteiger charge is 2.33. The van der Waals surface area contributed by atoms with Crippen molar-refractivity contribution in [3.8, 4) is 0 Å². The van der Waals surface area contributed by atoms with Crippen molar-refractivity contribution in [3.63, 3.8) is 0 Å². The molecular weight excluding hydrogens is 615 g/mol. The summed E-state index contributed by atoms with van der Waals surface area (Å²) in [5.41, 5.74) is 3.55. The first-order valence-corrected chi connectivity index (χ1v) is 18.2. The number of nitrogens with one attached hydrogen (secondary N) is 2. The maximum atomic E-state index is 13.6. The average Bonchev–Trinajstić information content (AvgIpc) is 3.67. The zero-order chi connectivity index (χ0) is 32.2. The van der Waals surface area contributed by atoms with E-state index >= 15 is 0 Å². The van der Waals surface area contributed by atoms with E-state index in [9.17, 15) is 22.6 Å². The summed E-state index contributed by atoms with van der Waals surface area (Å²) in [6, 6.07) is 20.9. The van der Waals surface area contributed by atoms with Gasteiger partial charge in [0.1, 0.15) is 6.54 Å². The number of carbonyl (C=O) groups is 2. The van der Waals surface area contributed by atoms with Gasteiger partial charge in [0.2, 0.25) is 15.9 Å². The van der Waals surface area contributed by atoms with Crippen LogP contribution in [0.1, 0.15) is 37.8 Å². The molecular formula is C32H37N4O7PS. The summed E-state index contributed by atoms with van der Waals surface area (Å²) in [5, 5.41) is 6.58. The predicted molar refractivity (Wildman–Crippen MR) is 177 cm³/mol. The minimum Gasteiger partial charge on any atom is -0.354 e. The lowest BCUT2D eigenvalue weighted by molar-refractivity contribution is -0.128. The number of anilines is 3. The minimum absolute atomic E-state index is 0.185. The molecule has 1 saturated heterocycles. The van der Waals surface area contributed by atoms with Gasteiger partial charge in [0.05, 0.1) is 41.7 Å². The van der Waals surface area contributed by atoms with Gasteiger partial charge in [-0.3, -0.25) is 18.5 Å². The Kier molecular flexibility index (Phi) is 9.79. The van der Waals surface area contributed by atoms with Gasteiger partial charge in [0.15, 0.2) is 0 Å². The van der Waals surface area contributed by atoms with Crippen LogP contribution in [-0.4, -0.2) is 64.2 Å². The van der Waals surface area contributed by atoms with Crippen molar-refractivity contribution in [2.24, 2.45) is 0 Å². The lowest BCUT2D eigenvalue weighted by Crippen LogP contribution is -2.41. The van der Waals surface area contributed by atoms with E-state index in [-0.39, 0.29) is 31.6 Å². The molecule has 2 aliphatic heterocycles. The molecule has 2 N–H and O–H groups in total. The van der Waals surface area contributed by atoms with Crippen LogP contribution in [0, 0.1) is 0 Å². The largest absolute Gasteiger partial charge is 0.361 e. The molecule has 0 bridgehead atoms. The van der Waals surface area contributed by atoms with Gasteiger partial charge in [-0.25, -0.2) is 8.42 Å². The third-order valence-electron chi connectivity index (χ3n) is 7.54. The second-order valence-corrected chi connectivity index (χ2v) is 14.6. The van der Waals surface area contributed by atoms with Crippen LogP contribution in [0.25, 0.3) is 11.3 Å². The van der Waals surface area contributed by atoms with Gasteiger partial charge in [0.25, 0.3) is 5.91 Å². The van der Waals surface area contributed by atoms with Crippen molar-refractivity contribution < 1.29 is 31.6 Å². The third-order valence-corrected chi connectivity index (χ3v) is 10.8. The van der Waals surface area contributed by atoms with Crippen molar-refractivity contribution in [1.82, 2.24) is 4.90 Å². The summed E-state index contributed by atoms with van der Waals surface area (Å²) < 4.78 is 51.2. The molecule has 2 heterocycles. The molecule has 0 atom stereocenters. The summed E-state index contributed by atoms with van der Waals surface area (Å²) >= 11 is 0. The van der Waals surface area contributed by atoms with Crippen molar-refractivity contribution in [2.45, 2.75) is 26.7 Å². The molecule has 11 nitrogen and oxygen atoms in total. The molecule has 0 aliphatic carbocycles. The number of hydrogen-bond donors (Lipinski definition) is 2. The van der Waals surface area contributed by atoms with E-state index in [1.165, 1.54) is 0 Å². The van der Waals surface area contributed by atoms with E-state index in [0.29, 0.717) is 52.3 Å². The molecule has 3 aromatic rings. The molecule has 5 rings (SSSR count). The van der Waals surface area contributed by atoms with Crippen LogP contribution in [-0.2, 0) is 33.2 Å². The molecule has 13 heteroatoms. The van der Waals surface area contributed by atoms with Gasteiger partial charge in [-0.05, 0) is 74.7 Å². The molecule has 3 aromatic carbocycles. The average molecular weight is 653 g/mol. The fourth-order valence-electron chi connectivity index (χ4n) is 5.43. The minimum atomic E-state index is -3.74. The Hall–Kier alpha value is -3.96. The maximum absolute atomic E-state index is 13.6. The Morgan fingerprint density at radius 2 is 1.62 bits per heavy atom. The van der Waals surface area contributed by atoms with Gasteiger partial charge in [-0.15, -0.1) is 0 Å². The molecule has 238 valence electrons. The van der Waals surface area contributed by atoms with Crippen molar-refractivity contribution in [1.29, 1.82) is 0 Å². The van der Waals surface area contributed by atoms with Gasteiger partial charge < -0.3 is 24.6 Å². The van der Waals surface area contributed by atoms with Crippen molar-refractivity contribution in [3.05, 3.63) is 83.9 Å². The van der Waals surface area contributed by atoms with E-state index in [2.05, 4.69) is 10.6 Å². The van der Waals surface area contributed by atoms with Crippen molar-refractivity contribution in [2.75, 3.05) is 54.0 Å². The van der Waals surface area contributed by atoms with Crippen molar-refractivity contribution >= 4 is 63.1 Å². The number of likely N-dealkylation sites (tertiary alicyclic amines) is 1. The Balaban J connectivity index is 1.52. The molecule has 2 aliphatic rings. The number of benzene rings is 3. The molecule has 0 radical (unpaired) electrons. The Morgan fingerprint density at radius 1 is 0.978 bits per heavy atom. The van der Waals surface area contributed by atoms with Crippen LogP contribution >= 0.6 is 7.60 Å². The zero-order valence-corrected chi connectivity index (χ0v) is 27.2. The van der Waals surface area contributed by atoms with Crippen LogP contribution in [0.15, 0.2) is 72.8 Å². The van der Waals surface area contributed by atoms with E-state index < -0.39 is 17.6 Å². The molecule has 1 fully saturated rings. The molecule has 45 heavy (non-hydrogen) atoms. The highest BCUT2D eigenvalue weighted by atomic mass is 32.2.